The number of benzene rings is 2. The lowest BCUT2D eigenvalue weighted by Gasteiger charge is -2.32. The lowest BCUT2D eigenvalue weighted by atomic mass is 10.1. The van der Waals surface area contributed by atoms with Crippen molar-refractivity contribution >= 4 is 17.2 Å². The third-order valence-corrected chi connectivity index (χ3v) is 4.33. The van der Waals surface area contributed by atoms with E-state index in [0.29, 0.717) is 11.4 Å². The van der Waals surface area contributed by atoms with Gasteiger partial charge in [0, 0.05) is 12.0 Å². The van der Waals surface area contributed by atoms with Crippen LogP contribution in [-0.4, -0.2) is 9.56 Å². The van der Waals surface area contributed by atoms with Crippen LogP contribution < -0.4 is 38.1 Å². The Morgan fingerprint density at radius 3 is 2.27 bits per heavy atom. The van der Waals surface area contributed by atoms with Crippen LogP contribution in [0.5, 0.6) is 0 Å². The fraction of sp³-hybridized carbons (Fsp3) is 0.158. The van der Waals surface area contributed by atoms with Crippen LogP contribution in [0.2, 0.25) is 0 Å². The molecule has 1 unspecified atom stereocenters. The summed E-state index contributed by atoms with van der Waals surface area (Å²) in [6.07, 6.45) is 6.49. The number of hydrogen-bond acceptors (Lipinski definition) is 3. The molecule has 0 aliphatic rings. The fourth-order valence-corrected chi connectivity index (χ4v) is 3.15. The van der Waals surface area contributed by atoms with Crippen molar-refractivity contribution in [1.82, 2.24) is 15.3 Å². The minimum absolute atomic E-state index is 0. The van der Waals surface area contributed by atoms with Crippen molar-refractivity contribution in [2.24, 2.45) is 12.9 Å². The van der Waals surface area contributed by atoms with E-state index in [4.69, 9.17) is 18.1 Å². The molecule has 1 aromatic heterocycles. The number of nitrogens with zero attached hydrogens (tertiary/aromatic N) is 2. The SMILES string of the molecule is C[n+]1ccn(C(NN)(NC(=S)Cc2ccccc2)c2ccccc2)c1.[Br-]. The summed E-state index contributed by atoms with van der Waals surface area (Å²) in [5.41, 5.74) is 5.04. The summed E-state index contributed by atoms with van der Waals surface area (Å²) in [6.45, 7) is 0. The van der Waals surface area contributed by atoms with Gasteiger partial charge in [-0.2, -0.15) is 9.99 Å². The Balaban J connectivity index is 0.00000243. The first-order valence-corrected chi connectivity index (χ1v) is 8.47. The molecule has 7 heteroatoms. The van der Waals surface area contributed by atoms with Crippen LogP contribution in [0, 0.1) is 0 Å². The van der Waals surface area contributed by atoms with Crippen LogP contribution >= 0.6 is 12.2 Å². The quantitative estimate of drug-likeness (QED) is 0.148. The van der Waals surface area contributed by atoms with E-state index in [-0.39, 0.29) is 17.0 Å². The van der Waals surface area contributed by atoms with Crippen molar-refractivity contribution in [3.63, 3.8) is 0 Å². The number of hydrogen-bond donors (Lipinski definition) is 3. The molecule has 0 spiro atoms. The molecule has 1 atom stereocenters. The number of hydrazine groups is 1. The predicted molar refractivity (Wildman–Crippen MR) is 102 cm³/mol. The minimum Gasteiger partial charge on any atom is -1.00 e. The highest BCUT2D eigenvalue weighted by molar-refractivity contribution is 7.80. The van der Waals surface area contributed by atoms with Gasteiger partial charge < -0.3 is 22.3 Å². The number of thiocarbonyl (C=S) groups is 1. The van der Waals surface area contributed by atoms with Gasteiger partial charge in [0.1, 0.15) is 12.4 Å². The van der Waals surface area contributed by atoms with Crippen molar-refractivity contribution in [2.75, 3.05) is 0 Å². The average Bonchev–Trinajstić information content (AvgIpc) is 3.08. The maximum atomic E-state index is 6.02. The monoisotopic (exact) mass is 431 g/mol. The first-order valence-electron chi connectivity index (χ1n) is 8.06. The average molecular weight is 432 g/mol. The van der Waals surface area contributed by atoms with Crippen LogP contribution in [0.1, 0.15) is 11.1 Å². The molecule has 4 N–H and O–H groups in total. The number of rotatable bonds is 6. The summed E-state index contributed by atoms with van der Waals surface area (Å²) < 4.78 is 3.93. The highest BCUT2D eigenvalue weighted by Gasteiger charge is 2.38. The zero-order chi connectivity index (χ0) is 17.7. The molecule has 0 bridgehead atoms. The topological polar surface area (TPSA) is 58.9 Å². The van der Waals surface area contributed by atoms with E-state index in [1.807, 2.05) is 83.4 Å². The molecule has 26 heavy (non-hydrogen) atoms. The lowest BCUT2D eigenvalue weighted by Crippen LogP contribution is -3.00. The number of imidazole rings is 1. The van der Waals surface area contributed by atoms with Crippen LogP contribution in [0.3, 0.4) is 0 Å². The molecule has 0 radical (unpaired) electrons. The smallest absolute Gasteiger partial charge is 0.279 e. The number of aromatic nitrogens is 2. The van der Waals surface area contributed by atoms with Gasteiger partial charge in [-0.05, 0) is 5.56 Å². The molecule has 136 valence electrons. The van der Waals surface area contributed by atoms with E-state index >= 15 is 0 Å². The van der Waals surface area contributed by atoms with Gasteiger partial charge in [0.15, 0.2) is 0 Å². The van der Waals surface area contributed by atoms with Crippen LogP contribution in [0.25, 0.3) is 0 Å². The van der Waals surface area contributed by atoms with Gasteiger partial charge >= 0.3 is 0 Å². The maximum absolute atomic E-state index is 6.02. The summed E-state index contributed by atoms with van der Waals surface area (Å²) in [5, 5.41) is 3.42. The minimum atomic E-state index is -0.867. The summed E-state index contributed by atoms with van der Waals surface area (Å²) in [4.78, 5) is 0.698. The second-order valence-electron chi connectivity index (χ2n) is 5.92. The lowest BCUT2D eigenvalue weighted by molar-refractivity contribution is -0.671. The summed E-state index contributed by atoms with van der Waals surface area (Å²) in [7, 11) is 1.96. The van der Waals surface area contributed by atoms with E-state index in [9.17, 15) is 0 Å². The van der Waals surface area contributed by atoms with Gasteiger partial charge in [-0.3, -0.25) is 5.84 Å². The number of nitrogens with two attached hydrogens (primary N) is 1. The number of nitrogens with one attached hydrogen (secondary N) is 2. The Morgan fingerprint density at radius 2 is 1.73 bits per heavy atom. The molecule has 2 aromatic carbocycles. The van der Waals surface area contributed by atoms with Gasteiger partial charge in [-0.15, -0.1) is 0 Å². The standard InChI is InChI=1S/C19H21N5S.BrH/c1-23-12-13-24(15-23)19(22-20,17-10-6-3-7-11-17)21-18(25)14-16-8-4-2-5-9-16;/h2-13,15,22H,14,20H2,1H3;1H. The Labute approximate surface area is 169 Å². The van der Waals surface area contributed by atoms with Crippen molar-refractivity contribution in [3.8, 4) is 0 Å². The Morgan fingerprint density at radius 1 is 1.12 bits per heavy atom. The molecular formula is C19H22BrN5S. The largest absolute Gasteiger partial charge is 1.00 e. The van der Waals surface area contributed by atoms with E-state index in [2.05, 4.69) is 22.9 Å². The van der Waals surface area contributed by atoms with Crippen LogP contribution in [-0.2, 0) is 19.3 Å². The highest BCUT2D eigenvalue weighted by atomic mass is 79.9. The maximum Gasteiger partial charge on any atom is 0.279 e. The highest BCUT2D eigenvalue weighted by Crippen LogP contribution is 2.20. The molecule has 0 saturated heterocycles. The molecule has 0 aliphatic heterocycles. The molecule has 1 heterocycles. The second kappa shape index (κ2) is 9.05. The van der Waals surface area contributed by atoms with Gasteiger partial charge in [-0.25, -0.2) is 4.57 Å². The third-order valence-electron chi connectivity index (χ3n) is 4.08. The molecule has 3 aromatic rings. The van der Waals surface area contributed by atoms with Gasteiger partial charge in [0.05, 0.1) is 12.0 Å². The first kappa shape index (κ1) is 20.3. The molecule has 5 nitrogen and oxygen atoms in total. The molecule has 0 fully saturated rings. The zero-order valence-corrected chi connectivity index (χ0v) is 16.9. The zero-order valence-electron chi connectivity index (χ0n) is 14.5. The van der Waals surface area contributed by atoms with Gasteiger partial charge in [0.25, 0.3) is 5.79 Å². The van der Waals surface area contributed by atoms with Crippen molar-refractivity contribution in [1.29, 1.82) is 0 Å². The van der Waals surface area contributed by atoms with Crippen LogP contribution in [0.4, 0.5) is 0 Å². The third kappa shape index (κ3) is 4.37. The van der Waals surface area contributed by atoms with Gasteiger partial charge in [0.2, 0.25) is 6.33 Å². The Hall–Kier alpha value is -2.06. The molecular weight excluding hydrogens is 410 g/mol. The van der Waals surface area contributed by atoms with Crippen molar-refractivity contribution < 1.29 is 21.5 Å². The summed E-state index contributed by atoms with van der Waals surface area (Å²) >= 11 is 5.63. The van der Waals surface area contributed by atoms with E-state index in [1.54, 1.807) is 0 Å². The van der Waals surface area contributed by atoms with E-state index in [1.165, 1.54) is 0 Å². The molecule has 3 rings (SSSR count). The van der Waals surface area contributed by atoms with E-state index < -0.39 is 5.79 Å². The normalized spacial score (nSPS) is 12.7. The summed E-state index contributed by atoms with van der Waals surface area (Å²) in [5.74, 6) is 5.15. The summed E-state index contributed by atoms with van der Waals surface area (Å²) in [6, 6.07) is 20.1. The molecule has 0 aliphatic carbocycles. The second-order valence-corrected chi connectivity index (χ2v) is 6.41. The first-order chi connectivity index (χ1) is 12.1. The van der Waals surface area contributed by atoms with Gasteiger partial charge in [-0.1, -0.05) is 72.9 Å². The van der Waals surface area contributed by atoms with Crippen LogP contribution in [0.15, 0.2) is 79.4 Å². The fourth-order valence-electron chi connectivity index (χ4n) is 2.83. The van der Waals surface area contributed by atoms with Crippen molar-refractivity contribution in [2.45, 2.75) is 12.2 Å². The molecule has 0 saturated carbocycles. The Bertz CT molecular complexity index is 837. The predicted octanol–water partition coefficient (Wildman–Crippen LogP) is -1.40. The van der Waals surface area contributed by atoms with Crippen molar-refractivity contribution in [3.05, 3.63) is 90.5 Å². The molecule has 0 amide bonds. The number of halogens is 1. The Kier molecular flexibility index (Phi) is 7.05. The number of aryl methyl sites for hydroxylation is 1. The van der Waals surface area contributed by atoms with E-state index in [0.717, 1.165) is 11.1 Å².